The molecule has 0 atom stereocenters. The van der Waals surface area contributed by atoms with Gasteiger partial charge in [-0.1, -0.05) is 44.2 Å². The number of carbonyl (C=O) groups is 2. The maximum atomic E-state index is 13.2. The molecular weight excluding hydrogens is 380 g/mol. The quantitative estimate of drug-likeness (QED) is 0.501. The lowest BCUT2D eigenvalue weighted by molar-refractivity contribution is -0.137. The number of nitrogens with zero attached hydrogens (tertiary/aromatic N) is 1. The summed E-state index contributed by atoms with van der Waals surface area (Å²) in [4.78, 5) is 27.7. The summed E-state index contributed by atoms with van der Waals surface area (Å²) in [6, 6.07) is 15.1. The zero-order valence-corrected chi connectivity index (χ0v) is 17.9. The van der Waals surface area contributed by atoms with E-state index in [9.17, 15) is 9.59 Å². The Morgan fingerprint density at radius 2 is 1.67 bits per heavy atom. The van der Waals surface area contributed by atoms with Crippen LogP contribution in [0.1, 0.15) is 37.3 Å². The van der Waals surface area contributed by atoms with Crippen LogP contribution >= 0.6 is 0 Å². The van der Waals surface area contributed by atoms with Gasteiger partial charge in [0.15, 0.2) is 0 Å². The van der Waals surface area contributed by atoms with E-state index in [-0.39, 0.29) is 17.5 Å². The molecule has 0 fully saturated rings. The van der Waals surface area contributed by atoms with Crippen molar-refractivity contribution in [1.82, 2.24) is 4.90 Å². The second kappa shape index (κ2) is 9.59. The van der Waals surface area contributed by atoms with Crippen molar-refractivity contribution >= 4 is 23.1 Å². The maximum absolute atomic E-state index is 13.2. The van der Waals surface area contributed by atoms with Crippen molar-refractivity contribution in [2.45, 2.75) is 26.2 Å². The summed E-state index contributed by atoms with van der Waals surface area (Å²) < 4.78 is 10.5. The molecule has 1 aliphatic heterocycles. The monoisotopic (exact) mass is 408 g/mol. The molecule has 2 aromatic rings. The zero-order valence-electron chi connectivity index (χ0n) is 17.9. The SMILES string of the molecule is COCCCN1C(=O)C(Nc2ccc(C(C)C)cc2)=C(c2ccccc2OC)C1=O. The normalized spacial score (nSPS) is 14.1. The molecule has 1 N–H and O–H groups in total. The molecule has 1 heterocycles. The van der Waals surface area contributed by atoms with Crippen LogP contribution in [-0.4, -0.2) is 44.1 Å². The highest BCUT2D eigenvalue weighted by Crippen LogP contribution is 2.35. The van der Waals surface area contributed by atoms with Crippen molar-refractivity contribution in [3.05, 3.63) is 65.4 Å². The van der Waals surface area contributed by atoms with Gasteiger partial charge in [0.25, 0.3) is 11.8 Å². The van der Waals surface area contributed by atoms with Gasteiger partial charge in [-0.05, 0) is 36.1 Å². The molecule has 0 aliphatic carbocycles. The third-order valence-electron chi connectivity index (χ3n) is 5.12. The van der Waals surface area contributed by atoms with E-state index in [0.29, 0.717) is 42.4 Å². The Bertz CT molecular complexity index is 948. The molecule has 0 unspecified atom stereocenters. The highest BCUT2D eigenvalue weighted by Gasteiger charge is 2.39. The number of methoxy groups -OCH3 is 2. The lowest BCUT2D eigenvalue weighted by Gasteiger charge is -2.15. The van der Waals surface area contributed by atoms with Crippen molar-refractivity contribution in [2.75, 3.05) is 32.7 Å². The first-order valence-electron chi connectivity index (χ1n) is 10.1. The van der Waals surface area contributed by atoms with Crippen LogP contribution in [0.15, 0.2) is 54.2 Å². The molecule has 158 valence electrons. The first kappa shape index (κ1) is 21.6. The van der Waals surface area contributed by atoms with Gasteiger partial charge in [-0.25, -0.2) is 0 Å². The molecule has 30 heavy (non-hydrogen) atoms. The van der Waals surface area contributed by atoms with E-state index in [0.717, 1.165) is 5.69 Å². The average molecular weight is 408 g/mol. The number of ether oxygens (including phenoxy) is 2. The van der Waals surface area contributed by atoms with Gasteiger partial charge in [-0.15, -0.1) is 0 Å². The van der Waals surface area contributed by atoms with Gasteiger partial charge in [0, 0.05) is 31.5 Å². The second-order valence-corrected chi connectivity index (χ2v) is 7.46. The van der Waals surface area contributed by atoms with Gasteiger partial charge in [0.2, 0.25) is 0 Å². The average Bonchev–Trinajstić information content (AvgIpc) is 2.98. The first-order valence-corrected chi connectivity index (χ1v) is 10.1. The third kappa shape index (κ3) is 4.39. The summed E-state index contributed by atoms with van der Waals surface area (Å²) in [5.74, 6) is 0.280. The van der Waals surface area contributed by atoms with Gasteiger partial charge >= 0.3 is 0 Å². The molecule has 6 heteroatoms. The summed E-state index contributed by atoms with van der Waals surface area (Å²) in [7, 11) is 3.15. The van der Waals surface area contributed by atoms with Crippen molar-refractivity contribution in [3.63, 3.8) is 0 Å². The van der Waals surface area contributed by atoms with Crippen molar-refractivity contribution in [3.8, 4) is 5.75 Å². The molecule has 6 nitrogen and oxygen atoms in total. The smallest absolute Gasteiger partial charge is 0.278 e. The molecule has 2 aromatic carbocycles. The van der Waals surface area contributed by atoms with Gasteiger partial charge in [-0.2, -0.15) is 0 Å². The number of benzene rings is 2. The van der Waals surface area contributed by atoms with E-state index < -0.39 is 0 Å². The molecular formula is C24H28N2O4. The zero-order chi connectivity index (χ0) is 21.7. The Hall–Kier alpha value is -3.12. The molecule has 2 amide bonds. The third-order valence-corrected chi connectivity index (χ3v) is 5.12. The molecule has 0 aromatic heterocycles. The predicted octanol–water partition coefficient (Wildman–Crippen LogP) is 4.05. The van der Waals surface area contributed by atoms with Gasteiger partial charge in [-0.3, -0.25) is 14.5 Å². The second-order valence-electron chi connectivity index (χ2n) is 7.46. The number of nitrogens with one attached hydrogen (secondary N) is 1. The van der Waals surface area contributed by atoms with Crippen LogP contribution in [0.25, 0.3) is 5.57 Å². The lowest BCUT2D eigenvalue weighted by Crippen LogP contribution is -2.33. The van der Waals surface area contributed by atoms with Crippen LogP contribution in [0.4, 0.5) is 5.69 Å². The first-order chi connectivity index (χ1) is 14.5. The van der Waals surface area contributed by atoms with Crippen LogP contribution in [0.5, 0.6) is 5.75 Å². The largest absolute Gasteiger partial charge is 0.496 e. The number of hydrogen-bond acceptors (Lipinski definition) is 5. The Morgan fingerprint density at radius 1 is 0.967 bits per heavy atom. The van der Waals surface area contributed by atoms with Gasteiger partial charge < -0.3 is 14.8 Å². The Balaban J connectivity index is 2.01. The minimum atomic E-state index is -0.343. The number of amides is 2. The van der Waals surface area contributed by atoms with Crippen LogP contribution < -0.4 is 10.1 Å². The van der Waals surface area contributed by atoms with E-state index in [4.69, 9.17) is 9.47 Å². The predicted molar refractivity (Wildman–Crippen MR) is 117 cm³/mol. The summed E-state index contributed by atoms with van der Waals surface area (Å²) in [6.45, 7) is 5.02. The molecule has 0 radical (unpaired) electrons. The molecule has 1 aliphatic rings. The lowest BCUT2D eigenvalue weighted by atomic mass is 10.0. The summed E-state index contributed by atoms with van der Waals surface area (Å²) in [6.07, 6.45) is 0.573. The van der Waals surface area contributed by atoms with Crippen molar-refractivity contribution < 1.29 is 19.1 Å². The van der Waals surface area contributed by atoms with Crippen LogP contribution in [0.2, 0.25) is 0 Å². The van der Waals surface area contributed by atoms with Gasteiger partial charge in [0.1, 0.15) is 11.4 Å². The number of carbonyl (C=O) groups excluding carboxylic acids is 2. The van der Waals surface area contributed by atoms with E-state index in [2.05, 4.69) is 19.2 Å². The Morgan fingerprint density at radius 3 is 2.30 bits per heavy atom. The minimum absolute atomic E-state index is 0.263. The van der Waals surface area contributed by atoms with Crippen LogP contribution in [0, 0.1) is 0 Å². The number of rotatable bonds is 9. The van der Waals surface area contributed by atoms with Gasteiger partial charge in [0.05, 0.1) is 12.7 Å². The molecule has 0 saturated carbocycles. The number of imide groups is 1. The van der Waals surface area contributed by atoms with E-state index in [1.165, 1.54) is 10.5 Å². The van der Waals surface area contributed by atoms with Crippen LogP contribution in [0.3, 0.4) is 0 Å². The Labute approximate surface area is 177 Å². The van der Waals surface area contributed by atoms with Crippen molar-refractivity contribution in [2.24, 2.45) is 0 Å². The van der Waals surface area contributed by atoms with E-state index in [1.807, 2.05) is 36.4 Å². The highest BCUT2D eigenvalue weighted by molar-refractivity contribution is 6.37. The molecule has 0 bridgehead atoms. The number of para-hydroxylation sites is 1. The maximum Gasteiger partial charge on any atom is 0.278 e. The van der Waals surface area contributed by atoms with Crippen molar-refractivity contribution in [1.29, 1.82) is 0 Å². The minimum Gasteiger partial charge on any atom is -0.496 e. The molecule has 0 spiro atoms. The standard InChI is InChI=1S/C24H28N2O4/c1-16(2)17-10-12-18(13-11-17)25-22-21(19-8-5-6-9-20(19)30-4)23(27)26(24(22)28)14-7-15-29-3/h5-6,8-13,16,25H,7,14-15H2,1-4H3. The highest BCUT2D eigenvalue weighted by atomic mass is 16.5. The molecule has 0 saturated heterocycles. The summed E-state index contributed by atoms with van der Waals surface area (Å²) in [5, 5.41) is 3.19. The van der Waals surface area contributed by atoms with E-state index >= 15 is 0 Å². The van der Waals surface area contributed by atoms with Crippen LogP contribution in [-0.2, 0) is 14.3 Å². The number of hydrogen-bond donors (Lipinski definition) is 1. The summed E-state index contributed by atoms with van der Waals surface area (Å²) >= 11 is 0. The topological polar surface area (TPSA) is 67.9 Å². The number of anilines is 1. The fourth-order valence-electron chi connectivity index (χ4n) is 3.46. The fourth-order valence-corrected chi connectivity index (χ4v) is 3.46. The fraction of sp³-hybridized carbons (Fsp3) is 0.333. The molecule has 3 rings (SSSR count). The van der Waals surface area contributed by atoms with E-state index in [1.54, 1.807) is 26.4 Å². The summed E-state index contributed by atoms with van der Waals surface area (Å²) in [5.41, 5.74) is 3.13. The Kier molecular flexibility index (Phi) is 6.90.